The van der Waals surface area contributed by atoms with E-state index in [1.165, 1.54) is 7.05 Å². The minimum absolute atomic E-state index is 0.357. The summed E-state index contributed by atoms with van der Waals surface area (Å²) in [5.74, 6) is -1.05. The molecule has 0 aromatic heterocycles. The van der Waals surface area contributed by atoms with Crippen LogP contribution in [-0.2, 0) is 4.79 Å². The third-order valence-corrected chi connectivity index (χ3v) is 1.82. The number of carboxylic acids is 1. The number of nitrogens with one attached hydrogen (secondary N) is 1. The molecule has 0 fully saturated rings. The molecule has 1 aromatic carbocycles. The van der Waals surface area contributed by atoms with Crippen molar-refractivity contribution < 1.29 is 14.7 Å². The van der Waals surface area contributed by atoms with Gasteiger partial charge in [0.1, 0.15) is 6.54 Å². The van der Waals surface area contributed by atoms with Crippen molar-refractivity contribution in [2.45, 2.75) is 0 Å². The quantitative estimate of drug-likeness (QED) is 0.775. The number of aliphatic carboxylic acids is 1. The molecular weight excluding hydrogens is 196 g/mol. The molecule has 5 nitrogen and oxygen atoms in total. The van der Waals surface area contributed by atoms with Crippen LogP contribution in [0.15, 0.2) is 30.3 Å². The highest BCUT2D eigenvalue weighted by Crippen LogP contribution is 2.12. The van der Waals surface area contributed by atoms with E-state index in [2.05, 4.69) is 5.32 Å². The molecule has 2 amide bonds. The Balaban J connectivity index is 2.91. The SMILES string of the molecule is CNC(=O)N(CC(=O)O)c1ccccc1. The Morgan fingerprint density at radius 3 is 2.40 bits per heavy atom. The fourth-order valence-electron chi connectivity index (χ4n) is 1.16. The summed E-state index contributed by atoms with van der Waals surface area (Å²) >= 11 is 0. The molecule has 0 aliphatic carbocycles. The molecule has 0 unspecified atom stereocenters. The summed E-state index contributed by atoms with van der Waals surface area (Å²) in [5, 5.41) is 11.1. The summed E-state index contributed by atoms with van der Waals surface area (Å²) in [7, 11) is 1.46. The van der Waals surface area contributed by atoms with Crippen molar-refractivity contribution in [1.29, 1.82) is 0 Å². The van der Waals surface area contributed by atoms with Crippen LogP contribution in [0.2, 0.25) is 0 Å². The summed E-state index contributed by atoms with van der Waals surface area (Å²) in [4.78, 5) is 23.1. The fourth-order valence-corrected chi connectivity index (χ4v) is 1.16. The standard InChI is InChI=1S/C10H12N2O3/c1-11-10(15)12(7-9(13)14)8-5-3-2-4-6-8/h2-6H,7H2,1H3,(H,11,15)(H,13,14). The van der Waals surface area contributed by atoms with Crippen LogP contribution in [0.5, 0.6) is 0 Å². The Morgan fingerprint density at radius 2 is 1.93 bits per heavy atom. The van der Waals surface area contributed by atoms with Gasteiger partial charge in [-0.3, -0.25) is 9.69 Å². The first kappa shape index (κ1) is 11.0. The maximum atomic E-state index is 11.4. The van der Waals surface area contributed by atoms with Crippen LogP contribution >= 0.6 is 0 Å². The lowest BCUT2D eigenvalue weighted by Crippen LogP contribution is -2.41. The summed E-state index contributed by atoms with van der Waals surface area (Å²) in [6.45, 7) is -0.357. The molecule has 0 atom stereocenters. The molecule has 2 N–H and O–H groups in total. The molecule has 0 saturated carbocycles. The van der Waals surface area contributed by atoms with Gasteiger partial charge in [-0.05, 0) is 12.1 Å². The number of anilines is 1. The monoisotopic (exact) mass is 208 g/mol. The summed E-state index contributed by atoms with van der Waals surface area (Å²) in [6, 6.07) is 8.20. The predicted octanol–water partition coefficient (Wildman–Crippen LogP) is 0.917. The van der Waals surface area contributed by atoms with Crippen LogP contribution in [-0.4, -0.2) is 30.7 Å². The molecule has 0 bridgehead atoms. The van der Waals surface area contributed by atoms with Gasteiger partial charge in [0.2, 0.25) is 0 Å². The van der Waals surface area contributed by atoms with Gasteiger partial charge in [-0.2, -0.15) is 0 Å². The van der Waals surface area contributed by atoms with Crippen LogP contribution < -0.4 is 10.2 Å². The van der Waals surface area contributed by atoms with Crippen molar-refractivity contribution in [3.8, 4) is 0 Å². The molecule has 5 heteroatoms. The van der Waals surface area contributed by atoms with E-state index in [0.717, 1.165) is 4.90 Å². The number of para-hydroxylation sites is 1. The molecule has 0 radical (unpaired) electrons. The van der Waals surface area contributed by atoms with E-state index in [1.54, 1.807) is 30.3 Å². The van der Waals surface area contributed by atoms with Gasteiger partial charge >= 0.3 is 12.0 Å². The Morgan fingerprint density at radius 1 is 1.33 bits per heavy atom. The topological polar surface area (TPSA) is 69.6 Å². The second-order valence-corrected chi connectivity index (χ2v) is 2.87. The van der Waals surface area contributed by atoms with E-state index in [0.29, 0.717) is 5.69 Å². The van der Waals surface area contributed by atoms with Crippen molar-refractivity contribution >= 4 is 17.7 Å². The maximum absolute atomic E-state index is 11.4. The number of rotatable bonds is 3. The first-order chi connectivity index (χ1) is 7.15. The Kier molecular flexibility index (Phi) is 3.68. The third kappa shape index (κ3) is 2.98. The van der Waals surface area contributed by atoms with E-state index < -0.39 is 12.0 Å². The minimum atomic E-state index is -1.05. The number of benzene rings is 1. The molecular formula is C10H12N2O3. The molecule has 0 aliphatic heterocycles. The van der Waals surface area contributed by atoms with Crippen molar-refractivity contribution in [1.82, 2.24) is 5.32 Å². The number of nitrogens with zero attached hydrogens (tertiary/aromatic N) is 1. The van der Waals surface area contributed by atoms with Crippen molar-refractivity contribution in [3.63, 3.8) is 0 Å². The average Bonchev–Trinajstić information content (AvgIpc) is 2.26. The predicted molar refractivity (Wildman–Crippen MR) is 55.9 cm³/mol. The molecule has 0 saturated heterocycles. The molecule has 0 heterocycles. The highest BCUT2D eigenvalue weighted by molar-refractivity contribution is 5.96. The lowest BCUT2D eigenvalue weighted by atomic mass is 10.3. The van der Waals surface area contributed by atoms with Crippen LogP contribution in [0, 0.1) is 0 Å². The second kappa shape index (κ2) is 4.99. The summed E-state index contributed by atoms with van der Waals surface area (Å²) < 4.78 is 0. The van der Waals surface area contributed by atoms with E-state index in [1.807, 2.05) is 0 Å². The molecule has 80 valence electrons. The number of hydrogen-bond donors (Lipinski definition) is 2. The van der Waals surface area contributed by atoms with Gasteiger partial charge in [0.25, 0.3) is 0 Å². The van der Waals surface area contributed by atoms with Crippen LogP contribution in [0.4, 0.5) is 10.5 Å². The lowest BCUT2D eigenvalue weighted by Gasteiger charge is -2.19. The summed E-state index contributed by atoms with van der Waals surface area (Å²) in [5.41, 5.74) is 0.555. The highest BCUT2D eigenvalue weighted by Gasteiger charge is 2.16. The van der Waals surface area contributed by atoms with E-state index >= 15 is 0 Å². The highest BCUT2D eigenvalue weighted by atomic mass is 16.4. The zero-order valence-electron chi connectivity index (χ0n) is 8.30. The number of carbonyl (C=O) groups is 2. The molecule has 0 aliphatic rings. The second-order valence-electron chi connectivity index (χ2n) is 2.87. The molecule has 15 heavy (non-hydrogen) atoms. The van der Waals surface area contributed by atoms with Gasteiger partial charge in [-0.25, -0.2) is 4.79 Å². The zero-order chi connectivity index (χ0) is 11.3. The van der Waals surface area contributed by atoms with Gasteiger partial charge < -0.3 is 10.4 Å². The van der Waals surface area contributed by atoms with Crippen molar-refractivity contribution in [3.05, 3.63) is 30.3 Å². The molecule has 1 rings (SSSR count). The normalized spacial score (nSPS) is 9.40. The van der Waals surface area contributed by atoms with Gasteiger partial charge in [0, 0.05) is 12.7 Å². The van der Waals surface area contributed by atoms with E-state index in [-0.39, 0.29) is 6.54 Å². The first-order valence-corrected chi connectivity index (χ1v) is 4.41. The van der Waals surface area contributed by atoms with Crippen molar-refractivity contribution in [2.24, 2.45) is 0 Å². The number of urea groups is 1. The van der Waals surface area contributed by atoms with E-state index in [9.17, 15) is 9.59 Å². The van der Waals surface area contributed by atoms with Crippen LogP contribution in [0.3, 0.4) is 0 Å². The average molecular weight is 208 g/mol. The Hall–Kier alpha value is -2.04. The van der Waals surface area contributed by atoms with Gasteiger partial charge in [-0.1, -0.05) is 18.2 Å². The molecule has 1 aromatic rings. The largest absolute Gasteiger partial charge is 0.480 e. The van der Waals surface area contributed by atoms with Gasteiger partial charge in [-0.15, -0.1) is 0 Å². The minimum Gasteiger partial charge on any atom is -0.480 e. The number of amides is 2. The number of hydrogen-bond acceptors (Lipinski definition) is 2. The first-order valence-electron chi connectivity index (χ1n) is 4.41. The lowest BCUT2D eigenvalue weighted by molar-refractivity contribution is -0.135. The summed E-state index contributed by atoms with van der Waals surface area (Å²) in [6.07, 6.45) is 0. The van der Waals surface area contributed by atoms with E-state index in [4.69, 9.17) is 5.11 Å². The number of carboxylic acid groups (broad SMARTS) is 1. The zero-order valence-corrected chi connectivity index (χ0v) is 8.30. The smallest absolute Gasteiger partial charge is 0.323 e. The van der Waals surface area contributed by atoms with Crippen molar-refractivity contribution in [2.75, 3.05) is 18.5 Å². The van der Waals surface area contributed by atoms with Crippen LogP contribution in [0.1, 0.15) is 0 Å². The fraction of sp³-hybridized carbons (Fsp3) is 0.200. The maximum Gasteiger partial charge on any atom is 0.323 e. The van der Waals surface area contributed by atoms with Crippen LogP contribution in [0.25, 0.3) is 0 Å². The van der Waals surface area contributed by atoms with Gasteiger partial charge in [0.15, 0.2) is 0 Å². The molecule has 0 spiro atoms. The third-order valence-electron chi connectivity index (χ3n) is 1.82. The number of carbonyl (C=O) groups excluding carboxylic acids is 1. The Labute approximate surface area is 87.3 Å². The van der Waals surface area contributed by atoms with Gasteiger partial charge in [0.05, 0.1) is 0 Å². The Bertz CT molecular complexity index is 351.